The summed E-state index contributed by atoms with van der Waals surface area (Å²) in [4.78, 5) is 36.7. The number of nitrogens with one attached hydrogen (secondary N) is 1. The van der Waals surface area contributed by atoms with Gasteiger partial charge in [0.1, 0.15) is 0 Å². The first-order valence-corrected chi connectivity index (χ1v) is 7.53. The zero-order chi connectivity index (χ0) is 15.9. The second kappa shape index (κ2) is 5.74. The quantitative estimate of drug-likeness (QED) is 0.665. The lowest BCUT2D eigenvalue weighted by atomic mass is 9.85. The van der Waals surface area contributed by atoms with Crippen LogP contribution in [0.2, 0.25) is 10.0 Å². The number of hydrogen-bond acceptors (Lipinski definition) is 3. The molecule has 3 amide bonds. The molecule has 2 atom stereocenters. The molecule has 0 bridgehead atoms. The number of carbonyl (C=O) groups excluding carboxylic acids is 3. The second-order valence-electron chi connectivity index (χ2n) is 5.23. The minimum absolute atomic E-state index is 0.152. The Labute approximate surface area is 136 Å². The molecular weight excluding hydrogens is 327 g/mol. The Balaban J connectivity index is 1.80. The van der Waals surface area contributed by atoms with Crippen molar-refractivity contribution in [2.24, 2.45) is 11.8 Å². The van der Waals surface area contributed by atoms with Crippen LogP contribution >= 0.6 is 23.2 Å². The number of amides is 3. The van der Waals surface area contributed by atoms with Crippen LogP contribution in [0.3, 0.4) is 0 Å². The molecule has 5 nitrogen and oxygen atoms in total. The van der Waals surface area contributed by atoms with Gasteiger partial charge in [-0.15, -0.1) is 0 Å². The number of carbonyl (C=O) groups is 3. The van der Waals surface area contributed by atoms with Crippen LogP contribution in [0, 0.1) is 11.8 Å². The van der Waals surface area contributed by atoms with Gasteiger partial charge in [0.15, 0.2) is 0 Å². The van der Waals surface area contributed by atoms with Crippen LogP contribution < -0.4 is 5.43 Å². The molecule has 7 heteroatoms. The van der Waals surface area contributed by atoms with Crippen LogP contribution in [0.4, 0.5) is 0 Å². The van der Waals surface area contributed by atoms with Crippen LogP contribution in [0.5, 0.6) is 0 Å². The van der Waals surface area contributed by atoms with Crippen molar-refractivity contribution in [3.05, 3.63) is 46.0 Å². The Morgan fingerprint density at radius 2 is 1.68 bits per heavy atom. The van der Waals surface area contributed by atoms with Crippen LogP contribution in [-0.4, -0.2) is 22.7 Å². The summed E-state index contributed by atoms with van der Waals surface area (Å²) in [7, 11) is 0. The smallest absolute Gasteiger partial charge is 0.271 e. The lowest BCUT2D eigenvalue weighted by Crippen LogP contribution is -2.46. The van der Waals surface area contributed by atoms with E-state index in [1.54, 1.807) is 0 Å². The molecule has 0 radical (unpaired) electrons. The number of nitrogens with zero attached hydrogens (tertiary/aromatic N) is 1. The number of rotatable bonds is 2. The van der Waals surface area contributed by atoms with Gasteiger partial charge >= 0.3 is 0 Å². The summed E-state index contributed by atoms with van der Waals surface area (Å²) in [5.74, 6) is -2.15. The number of fused-ring (bicyclic) bond motifs is 1. The van der Waals surface area contributed by atoms with Crippen molar-refractivity contribution in [1.29, 1.82) is 0 Å². The SMILES string of the molecule is O=C(NN1C(=O)[C@H]2CC=CC[C@H]2C1=O)c1ccc(Cl)cc1Cl. The summed E-state index contributed by atoms with van der Waals surface area (Å²) in [6.45, 7) is 0. The summed E-state index contributed by atoms with van der Waals surface area (Å²) in [6.07, 6.45) is 4.80. The number of imide groups is 1. The predicted octanol–water partition coefficient (Wildman–Crippen LogP) is 2.59. The van der Waals surface area contributed by atoms with E-state index in [9.17, 15) is 14.4 Å². The van der Waals surface area contributed by atoms with E-state index in [2.05, 4.69) is 5.43 Å². The molecule has 3 rings (SSSR count). The molecule has 1 aromatic carbocycles. The second-order valence-corrected chi connectivity index (χ2v) is 6.08. The number of hydrazine groups is 1. The van der Waals surface area contributed by atoms with Gasteiger partial charge in [0.05, 0.1) is 22.4 Å². The van der Waals surface area contributed by atoms with Gasteiger partial charge in [0, 0.05) is 5.02 Å². The molecule has 1 fully saturated rings. The van der Waals surface area contributed by atoms with Gasteiger partial charge in [0.2, 0.25) is 0 Å². The minimum Gasteiger partial charge on any atom is -0.272 e. The van der Waals surface area contributed by atoms with Gasteiger partial charge in [-0.1, -0.05) is 35.4 Å². The molecule has 1 aliphatic carbocycles. The first kappa shape index (κ1) is 15.1. The van der Waals surface area contributed by atoms with Gasteiger partial charge in [0.25, 0.3) is 17.7 Å². The van der Waals surface area contributed by atoms with E-state index < -0.39 is 17.7 Å². The molecular formula is C15H12Cl2N2O3. The fourth-order valence-corrected chi connectivity index (χ4v) is 3.24. The monoisotopic (exact) mass is 338 g/mol. The summed E-state index contributed by atoms with van der Waals surface area (Å²) in [5, 5.41) is 1.37. The third-order valence-corrected chi connectivity index (χ3v) is 4.44. The largest absolute Gasteiger partial charge is 0.272 e. The van der Waals surface area contributed by atoms with E-state index >= 15 is 0 Å². The van der Waals surface area contributed by atoms with Crippen LogP contribution in [0.15, 0.2) is 30.4 Å². The normalized spacial score (nSPS) is 23.6. The van der Waals surface area contributed by atoms with Gasteiger partial charge < -0.3 is 0 Å². The third-order valence-electron chi connectivity index (χ3n) is 3.90. The Morgan fingerprint density at radius 1 is 1.09 bits per heavy atom. The fourth-order valence-electron chi connectivity index (χ4n) is 2.75. The molecule has 1 aromatic rings. The molecule has 1 N–H and O–H groups in total. The molecule has 2 aliphatic rings. The van der Waals surface area contributed by atoms with Gasteiger partial charge in [-0.05, 0) is 31.0 Å². The molecule has 0 aromatic heterocycles. The molecule has 1 saturated heterocycles. The fraction of sp³-hybridized carbons (Fsp3) is 0.267. The van der Waals surface area contributed by atoms with Gasteiger partial charge in [-0.3, -0.25) is 19.8 Å². The number of halogens is 2. The van der Waals surface area contributed by atoms with E-state index in [1.165, 1.54) is 18.2 Å². The molecule has 114 valence electrons. The average molecular weight is 339 g/mol. The van der Waals surface area contributed by atoms with Gasteiger partial charge in [-0.25, -0.2) is 0 Å². The van der Waals surface area contributed by atoms with Crippen molar-refractivity contribution in [2.45, 2.75) is 12.8 Å². The van der Waals surface area contributed by atoms with Crippen molar-refractivity contribution in [3.63, 3.8) is 0 Å². The lowest BCUT2D eigenvalue weighted by Gasteiger charge is -2.16. The van der Waals surface area contributed by atoms with E-state index in [1.807, 2.05) is 12.2 Å². The van der Waals surface area contributed by atoms with E-state index in [0.717, 1.165) is 5.01 Å². The van der Waals surface area contributed by atoms with Crippen molar-refractivity contribution in [2.75, 3.05) is 0 Å². The highest BCUT2D eigenvalue weighted by atomic mass is 35.5. The maximum absolute atomic E-state index is 12.3. The number of benzene rings is 1. The van der Waals surface area contributed by atoms with Crippen LogP contribution in [0.1, 0.15) is 23.2 Å². The minimum atomic E-state index is -0.616. The van der Waals surface area contributed by atoms with Gasteiger partial charge in [-0.2, -0.15) is 5.01 Å². The van der Waals surface area contributed by atoms with E-state index in [0.29, 0.717) is 17.9 Å². The van der Waals surface area contributed by atoms with Crippen LogP contribution in [-0.2, 0) is 9.59 Å². The molecule has 0 unspecified atom stereocenters. The highest BCUT2D eigenvalue weighted by molar-refractivity contribution is 6.36. The Morgan fingerprint density at radius 3 is 2.23 bits per heavy atom. The summed E-state index contributed by atoms with van der Waals surface area (Å²) >= 11 is 11.7. The van der Waals surface area contributed by atoms with Crippen molar-refractivity contribution in [3.8, 4) is 0 Å². The number of allylic oxidation sites excluding steroid dienone is 2. The maximum atomic E-state index is 12.3. The molecule has 0 saturated carbocycles. The zero-order valence-electron chi connectivity index (χ0n) is 11.4. The first-order valence-electron chi connectivity index (χ1n) is 6.78. The van der Waals surface area contributed by atoms with Crippen molar-refractivity contribution >= 4 is 40.9 Å². The van der Waals surface area contributed by atoms with E-state index in [4.69, 9.17) is 23.2 Å². The molecule has 1 aliphatic heterocycles. The van der Waals surface area contributed by atoms with Crippen molar-refractivity contribution in [1.82, 2.24) is 10.4 Å². The summed E-state index contributed by atoms with van der Waals surface area (Å²) < 4.78 is 0. The highest BCUT2D eigenvalue weighted by Crippen LogP contribution is 2.34. The van der Waals surface area contributed by atoms with Crippen molar-refractivity contribution < 1.29 is 14.4 Å². The maximum Gasteiger partial charge on any atom is 0.271 e. The summed E-state index contributed by atoms with van der Waals surface area (Å²) in [6, 6.07) is 4.38. The lowest BCUT2D eigenvalue weighted by molar-refractivity contribution is -0.142. The average Bonchev–Trinajstić information content (AvgIpc) is 2.73. The highest BCUT2D eigenvalue weighted by Gasteiger charge is 2.48. The predicted molar refractivity (Wildman–Crippen MR) is 81.1 cm³/mol. The van der Waals surface area contributed by atoms with Crippen LogP contribution in [0.25, 0.3) is 0 Å². The van der Waals surface area contributed by atoms with E-state index in [-0.39, 0.29) is 22.4 Å². The summed E-state index contributed by atoms with van der Waals surface area (Å²) in [5.41, 5.74) is 2.50. The molecule has 1 heterocycles. The molecule has 22 heavy (non-hydrogen) atoms. The third kappa shape index (κ3) is 2.51. The zero-order valence-corrected chi connectivity index (χ0v) is 12.9. The number of hydrogen-bond donors (Lipinski definition) is 1. The first-order chi connectivity index (χ1) is 10.5. The Bertz CT molecular complexity index is 676. The topological polar surface area (TPSA) is 66.5 Å². The molecule has 0 spiro atoms. The Hall–Kier alpha value is -1.85. The Kier molecular flexibility index (Phi) is 3.93. The standard InChI is InChI=1S/C15H12Cl2N2O3/c16-8-5-6-11(12(17)7-8)13(20)18-19-14(21)9-3-1-2-4-10(9)15(19)22/h1-2,5-7,9-10H,3-4H2,(H,18,20)/t9-,10+.